The number of hydrogen-bond donors (Lipinski definition) is 1. The van der Waals surface area contributed by atoms with E-state index in [9.17, 15) is 9.59 Å². The molecule has 0 saturated carbocycles. The first kappa shape index (κ1) is 14.9. The van der Waals surface area contributed by atoms with Gasteiger partial charge >= 0.3 is 0 Å². The van der Waals surface area contributed by atoms with E-state index in [2.05, 4.69) is 5.32 Å². The molecule has 0 spiro atoms. The maximum absolute atomic E-state index is 12.4. The van der Waals surface area contributed by atoms with E-state index in [4.69, 9.17) is 0 Å². The Hall–Kier alpha value is -2.07. The van der Waals surface area contributed by atoms with Crippen molar-refractivity contribution in [1.82, 2.24) is 5.32 Å². The highest BCUT2D eigenvalue weighted by atomic mass is 32.2. The average Bonchev–Trinajstić information content (AvgIpc) is 2.97. The summed E-state index contributed by atoms with van der Waals surface area (Å²) in [7, 11) is 0. The van der Waals surface area contributed by atoms with Crippen LogP contribution < -0.4 is 5.32 Å². The summed E-state index contributed by atoms with van der Waals surface area (Å²) in [6.07, 6.45) is 2.75. The lowest BCUT2D eigenvalue weighted by atomic mass is 10.0. The molecular formula is C18H17NO2S. The molecule has 1 amide bonds. The minimum atomic E-state index is -0.818. The average molecular weight is 311 g/mol. The van der Waals surface area contributed by atoms with Crippen LogP contribution in [-0.4, -0.2) is 16.6 Å². The molecule has 1 unspecified atom stereocenters. The summed E-state index contributed by atoms with van der Waals surface area (Å²) in [5.41, 5.74) is 0.977. The van der Waals surface area contributed by atoms with Crippen LogP contribution in [0.1, 0.15) is 18.9 Å². The maximum atomic E-state index is 12.4. The van der Waals surface area contributed by atoms with Crippen molar-refractivity contribution in [2.24, 2.45) is 0 Å². The second-order valence-corrected chi connectivity index (χ2v) is 6.64. The fourth-order valence-corrected chi connectivity index (χ4v) is 3.67. The summed E-state index contributed by atoms with van der Waals surface area (Å²) in [6.45, 7) is 1.53. The molecule has 1 aliphatic heterocycles. The van der Waals surface area contributed by atoms with E-state index in [0.717, 1.165) is 16.3 Å². The third-order valence-corrected chi connectivity index (χ3v) is 5.20. The SMILES string of the molecule is CC(=O)C1(NC(=O)Cc2cccc3ccccc23)CC=CS1. The number of carbonyl (C=O) groups excluding carboxylic acids is 2. The second kappa shape index (κ2) is 5.97. The molecule has 22 heavy (non-hydrogen) atoms. The highest BCUT2D eigenvalue weighted by Crippen LogP contribution is 2.35. The van der Waals surface area contributed by atoms with Gasteiger partial charge in [-0.3, -0.25) is 9.59 Å². The second-order valence-electron chi connectivity index (χ2n) is 5.44. The molecule has 1 N–H and O–H groups in total. The number of amides is 1. The number of carbonyl (C=O) groups is 2. The first-order valence-corrected chi connectivity index (χ1v) is 8.10. The van der Waals surface area contributed by atoms with Crippen LogP contribution in [0.4, 0.5) is 0 Å². The molecular weight excluding hydrogens is 294 g/mol. The number of hydrogen-bond acceptors (Lipinski definition) is 3. The van der Waals surface area contributed by atoms with Crippen molar-refractivity contribution >= 4 is 34.2 Å². The van der Waals surface area contributed by atoms with E-state index in [1.54, 1.807) is 0 Å². The molecule has 3 nitrogen and oxygen atoms in total. The molecule has 0 aliphatic carbocycles. The van der Waals surface area contributed by atoms with Crippen molar-refractivity contribution in [3.05, 3.63) is 59.5 Å². The fourth-order valence-electron chi connectivity index (χ4n) is 2.71. The van der Waals surface area contributed by atoms with E-state index in [0.29, 0.717) is 6.42 Å². The lowest BCUT2D eigenvalue weighted by molar-refractivity contribution is -0.127. The number of Topliss-reactive ketones (excluding diaryl/α,β-unsaturated/α-hetero) is 1. The number of thioether (sulfide) groups is 1. The molecule has 0 bridgehead atoms. The smallest absolute Gasteiger partial charge is 0.225 e. The topological polar surface area (TPSA) is 46.2 Å². The number of benzene rings is 2. The molecule has 4 heteroatoms. The van der Waals surface area contributed by atoms with Gasteiger partial charge in [0, 0.05) is 6.42 Å². The fraction of sp³-hybridized carbons (Fsp3) is 0.222. The predicted octanol–water partition coefficient (Wildman–Crippen LogP) is 3.43. The van der Waals surface area contributed by atoms with Crippen LogP contribution in [0, 0.1) is 0 Å². The summed E-state index contributed by atoms with van der Waals surface area (Å²) in [5, 5.41) is 6.99. The quantitative estimate of drug-likeness (QED) is 0.941. The van der Waals surface area contributed by atoms with Gasteiger partial charge in [-0.15, -0.1) is 0 Å². The summed E-state index contributed by atoms with van der Waals surface area (Å²) >= 11 is 1.38. The van der Waals surface area contributed by atoms with Crippen LogP contribution in [0.15, 0.2) is 53.9 Å². The van der Waals surface area contributed by atoms with E-state index in [1.807, 2.05) is 53.9 Å². The molecule has 1 atom stereocenters. The third kappa shape index (κ3) is 2.79. The Balaban J connectivity index is 1.80. The minimum absolute atomic E-state index is 0.0197. The minimum Gasteiger partial charge on any atom is -0.334 e. The monoisotopic (exact) mass is 311 g/mol. The van der Waals surface area contributed by atoms with Crippen LogP contribution in [-0.2, 0) is 16.0 Å². The van der Waals surface area contributed by atoms with Gasteiger partial charge in [0.25, 0.3) is 0 Å². The number of ketones is 1. The maximum Gasteiger partial charge on any atom is 0.225 e. The Morgan fingerprint density at radius 2 is 1.95 bits per heavy atom. The zero-order chi connectivity index (χ0) is 15.6. The Kier molecular flexibility index (Phi) is 4.03. The number of nitrogens with one attached hydrogen (secondary N) is 1. The molecule has 2 aromatic rings. The molecule has 1 heterocycles. The first-order chi connectivity index (χ1) is 10.6. The predicted molar refractivity (Wildman–Crippen MR) is 90.6 cm³/mol. The van der Waals surface area contributed by atoms with Crippen LogP contribution in [0.5, 0.6) is 0 Å². The lowest BCUT2D eigenvalue weighted by Gasteiger charge is -2.26. The Morgan fingerprint density at radius 1 is 1.18 bits per heavy atom. The van der Waals surface area contributed by atoms with E-state index in [1.165, 1.54) is 18.7 Å². The van der Waals surface area contributed by atoms with Gasteiger partial charge in [-0.2, -0.15) is 0 Å². The van der Waals surface area contributed by atoms with E-state index >= 15 is 0 Å². The molecule has 3 rings (SSSR count). The van der Waals surface area contributed by atoms with Crippen molar-refractivity contribution in [2.45, 2.75) is 24.6 Å². The van der Waals surface area contributed by atoms with Gasteiger partial charge in [0.05, 0.1) is 6.42 Å². The summed E-state index contributed by atoms with van der Waals surface area (Å²) in [5.74, 6) is -0.142. The third-order valence-electron chi connectivity index (χ3n) is 3.91. The molecule has 0 aromatic heterocycles. The van der Waals surface area contributed by atoms with Crippen LogP contribution >= 0.6 is 11.8 Å². The van der Waals surface area contributed by atoms with Crippen molar-refractivity contribution in [1.29, 1.82) is 0 Å². The number of rotatable bonds is 4. The van der Waals surface area contributed by atoms with Crippen molar-refractivity contribution in [3.8, 4) is 0 Å². The molecule has 1 aliphatic rings. The lowest BCUT2D eigenvalue weighted by Crippen LogP contribution is -2.49. The Bertz CT molecular complexity index is 753. The largest absolute Gasteiger partial charge is 0.334 e. The Morgan fingerprint density at radius 3 is 2.68 bits per heavy atom. The first-order valence-electron chi connectivity index (χ1n) is 7.22. The molecule has 0 saturated heterocycles. The molecule has 112 valence electrons. The van der Waals surface area contributed by atoms with Gasteiger partial charge in [-0.25, -0.2) is 0 Å². The van der Waals surface area contributed by atoms with Crippen molar-refractivity contribution < 1.29 is 9.59 Å². The standard InChI is InChI=1S/C18H17NO2S/c1-13(20)18(10-5-11-22-18)19-17(21)12-15-8-4-7-14-6-2-3-9-16(14)15/h2-9,11H,10,12H2,1H3,(H,19,21). The highest BCUT2D eigenvalue weighted by Gasteiger charge is 2.38. The van der Waals surface area contributed by atoms with Crippen LogP contribution in [0.2, 0.25) is 0 Å². The zero-order valence-corrected chi connectivity index (χ0v) is 13.2. The van der Waals surface area contributed by atoms with Gasteiger partial charge in [0.15, 0.2) is 10.7 Å². The van der Waals surface area contributed by atoms with E-state index in [-0.39, 0.29) is 18.1 Å². The summed E-state index contributed by atoms with van der Waals surface area (Å²) in [4.78, 5) is 23.5. The normalized spacial score (nSPS) is 20.2. The van der Waals surface area contributed by atoms with Gasteiger partial charge in [0.2, 0.25) is 5.91 Å². The van der Waals surface area contributed by atoms with Crippen molar-refractivity contribution in [3.63, 3.8) is 0 Å². The van der Waals surface area contributed by atoms with Gasteiger partial charge < -0.3 is 5.32 Å². The molecule has 0 fully saturated rings. The number of fused-ring (bicyclic) bond motifs is 1. The van der Waals surface area contributed by atoms with E-state index < -0.39 is 4.87 Å². The van der Waals surface area contributed by atoms with Crippen molar-refractivity contribution in [2.75, 3.05) is 0 Å². The molecule has 2 aromatic carbocycles. The van der Waals surface area contributed by atoms with Crippen LogP contribution in [0.25, 0.3) is 10.8 Å². The highest BCUT2D eigenvalue weighted by molar-refractivity contribution is 8.04. The Labute approximate surface area is 133 Å². The summed E-state index contributed by atoms with van der Waals surface area (Å²) in [6, 6.07) is 14.0. The zero-order valence-electron chi connectivity index (χ0n) is 12.3. The van der Waals surface area contributed by atoms with Crippen LogP contribution in [0.3, 0.4) is 0 Å². The van der Waals surface area contributed by atoms with Gasteiger partial charge in [-0.05, 0) is 28.7 Å². The molecule has 0 radical (unpaired) electrons. The van der Waals surface area contributed by atoms with Gasteiger partial charge in [0.1, 0.15) is 0 Å². The van der Waals surface area contributed by atoms with Gasteiger partial charge in [-0.1, -0.05) is 60.3 Å². The summed E-state index contributed by atoms with van der Waals surface area (Å²) < 4.78 is 0.